The molecule has 3 rings (SSSR count). The van der Waals surface area contributed by atoms with E-state index in [1.54, 1.807) is 21.7 Å². The number of hydrogen-bond acceptors (Lipinski definition) is 6. The van der Waals surface area contributed by atoms with Gasteiger partial charge in [-0.1, -0.05) is 0 Å². The molecule has 1 atom stereocenters. The van der Waals surface area contributed by atoms with Crippen molar-refractivity contribution in [2.75, 3.05) is 26.3 Å². The van der Waals surface area contributed by atoms with E-state index in [-0.39, 0.29) is 18.6 Å². The minimum absolute atomic E-state index is 0.0247. The molecule has 0 bridgehead atoms. The second-order valence-electron chi connectivity index (χ2n) is 5.06. The van der Waals surface area contributed by atoms with E-state index in [1.807, 2.05) is 19.1 Å². The molecule has 0 spiro atoms. The molecular formula is C14H17N5O3. The molecular weight excluding hydrogens is 286 g/mol. The van der Waals surface area contributed by atoms with Gasteiger partial charge in [0.05, 0.1) is 18.4 Å². The van der Waals surface area contributed by atoms with Crippen molar-refractivity contribution in [1.29, 1.82) is 0 Å². The van der Waals surface area contributed by atoms with Gasteiger partial charge < -0.3 is 14.4 Å². The number of carbonyl (C=O) groups excluding carboxylic acids is 1. The average molecular weight is 303 g/mol. The van der Waals surface area contributed by atoms with E-state index >= 15 is 0 Å². The van der Waals surface area contributed by atoms with Gasteiger partial charge in [0.15, 0.2) is 6.61 Å². The molecule has 1 fully saturated rings. The zero-order valence-corrected chi connectivity index (χ0v) is 12.3. The Balaban J connectivity index is 1.54. The zero-order chi connectivity index (χ0) is 15.4. The van der Waals surface area contributed by atoms with Crippen LogP contribution in [0.1, 0.15) is 6.92 Å². The van der Waals surface area contributed by atoms with Gasteiger partial charge in [-0.25, -0.2) is 4.68 Å². The summed E-state index contributed by atoms with van der Waals surface area (Å²) in [7, 11) is 0. The fourth-order valence-electron chi connectivity index (χ4n) is 2.26. The largest absolute Gasteiger partial charge is 0.484 e. The number of hydrogen-bond donors (Lipinski definition) is 0. The van der Waals surface area contributed by atoms with Crippen molar-refractivity contribution in [3.63, 3.8) is 0 Å². The van der Waals surface area contributed by atoms with Crippen LogP contribution in [0, 0.1) is 0 Å². The molecule has 0 saturated carbocycles. The molecule has 8 heteroatoms. The molecule has 1 aliphatic rings. The first-order valence-corrected chi connectivity index (χ1v) is 7.08. The van der Waals surface area contributed by atoms with E-state index < -0.39 is 0 Å². The fraction of sp³-hybridized carbons (Fsp3) is 0.429. The summed E-state index contributed by atoms with van der Waals surface area (Å²) in [5, 5.41) is 11.0. The van der Waals surface area contributed by atoms with Crippen LogP contribution in [0.5, 0.6) is 5.75 Å². The van der Waals surface area contributed by atoms with Gasteiger partial charge in [-0.15, -0.1) is 5.10 Å². The summed E-state index contributed by atoms with van der Waals surface area (Å²) in [6.45, 7) is 3.79. The van der Waals surface area contributed by atoms with Gasteiger partial charge in [0.25, 0.3) is 5.91 Å². The second kappa shape index (κ2) is 6.52. The predicted octanol–water partition coefficient (Wildman–Crippen LogP) is 0.288. The van der Waals surface area contributed by atoms with Crippen molar-refractivity contribution >= 4 is 5.91 Å². The molecule has 0 aliphatic carbocycles. The van der Waals surface area contributed by atoms with E-state index in [4.69, 9.17) is 9.47 Å². The molecule has 1 amide bonds. The lowest BCUT2D eigenvalue weighted by Gasteiger charge is -2.31. The van der Waals surface area contributed by atoms with Gasteiger partial charge in [-0.3, -0.25) is 4.79 Å². The Bertz CT molecular complexity index is 614. The second-order valence-corrected chi connectivity index (χ2v) is 5.06. The van der Waals surface area contributed by atoms with Crippen molar-refractivity contribution in [2.24, 2.45) is 0 Å². The van der Waals surface area contributed by atoms with Crippen molar-refractivity contribution in [3.8, 4) is 11.4 Å². The number of aromatic nitrogens is 4. The number of rotatable bonds is 4. The van der Waals surface area contributed by atoms with Gasteiger partial charge in [-0.05, 0) is 41.6 Å². The van der Waals surface area contributed by atoms with Crippen LogP contribution in [0.4, 0.5) is 0 Å². The van der Waals surface area contributed by atoms with Crippen LogP contribution in [0.25, 0.3) is 5.69 Å². The lowest BCUT2D eigenvalue weighted by molar-refractivity contribution is -0.140. The predicted molar refractivity (Wildman–Crippen MR) is 76.6 cm³/mol. The number of nitrogens with zero attached hydrogens (tertiary/aromatic N) is 5. The zero-order valence-electron chi connectivity index (χ0n) is 12.3. The smallest absolute Gasteiger partial charge is 0.260 e. The molecule has 1 unspecified atom stereocenters. The van der Waals surface area contributed by atoms with E-state index in [1.165, 1.54) is 6.33 Å². The molecule has 0 radical (unpaired) electrons. The minimum atomic E-state index is -0.0281. The number of amides is 1. The minimum Gasteiger partial charge on any atom is -0.484 e. The normalized spacial score (nSPS) is 18.2. The molecule has 116 valence electrons. The van der Waals surface area contributed by atoms with Crippen LogP contribution < -0.4 is 4.74 Å². The number of carbonyl (C=O) groups is 1. The molecule has 1 saturated heterocycles. The Hall–Kier alpha value is -2.48. The molecule has 1 aromatic heterocycles. The summed E-state index contributed by atoms with van der Waals surface area (Å²) < 4.78 is 12.5. The van der Waals surface area contributed by atoms with Gasteiger partial charge in [0.2, 0.25) is 0 Å². The van der Waals surface area contributed by atoms with Gasteiger partial charge in [0.1, 0.15) is 12.1 Å². The van der Waals surface area contributed by atoms with Crippen molar-refractivity contribution in [2.45, 2.75) is 13.0 Å². The van der Waals surface area contributed by atoms with E-state index in [9.17, 15) is 4.79 Å². The Kier molecular flexibility index (Phi) is 4.29. The van der Waals surface area contributed by atoms with E-state index in [2.05, 4.69) is 15.5 Å². The Morgan fingerprint density at radius 2 is 2.23 bits per heavy atom. The fourth-order valence-corrected chi connectivity index (χ4v) is 2.26. The maximum atomic E-state index is 12.1. The lowest BCUT2D eigenvalue weighted by atomic mass is 10.3. The highest BCUT2D eigenvalue weighted by Crippen LogP contribution is 2.14. The van der Waals surface area contributed by atoms with Crippen LogP contribution in [-0.4, -0.2) is 63.4 Å². The average Bonchev–Trinajstić information content (AvgIpc) is 3.07. The maximum absolute atomic E-state index is 12.1. The topological polar surface area (TPSA) is 82.4 Å². The molecule has 1 aliphatic heterocycles. The van der Waals surface area contributed by atoms with Crippen molar-refractivity contribution in [3.05, 3.63) is 30.6 Å². The Morgan fingerprint density at radius 1 is 1.41 bits per heavy atom. The van der Waals surface area contributed by atoms with Crippen LogP contribution >= 0.6 is 0 Å². The first kappa shape index (κ1) is 14.5. The van der Waals surface area contributed by atoms with Crippen LogP contribution in [0.3, 0.4) is 0 Å². The monoisotopic (exact) mass is 303 g/mol. The summed E-state index contributed by atoms with van der Waals surface area (Å²) in [5.74, 6) is 0.603. The number of benzene rings is 1. The van der Waals surface area contributed by atoms with Gasteiger partial charge in [0, 0.05) is 13.1 Å². The summed E-state index contributed by atoms with van der Waals surface area (Å²) in [6, 6.07) is 7.22. The van der Waals surface area contributed by atoms with Gasteiger partial charge >= 0.3 is 0 Å². The highest BCUT2D eigenvalue weighted by atomic mass is 16.5. The van der Waals surface area contributed by atoms with Crippen LogP contribution in [0.2, 0.25) is 0 Å². The van der Waals surface area contributed by atoms with Crippen LogP contribution in [-0.2, 0) is 9.53 Å². The first-order chi connectivity index (χ1) is 10.7. The molecule has 22 heavy (non-hydrogen) atoms. The number of tetrazole rings is 1. The summed E-state index contributed by atoms with van der Waals surface area (Å²) in [5.41, 5.74) is 0.825. The van der Waals surface area contributed by atoms with Gasteiger partial charge in [-0.2, -0.15) is 0 Å². The summed E-state index contributed by atoms with van der Waals surface area (Å²) in [4.78, 5) is 13.9. The van der Waals surface area contributed by atoms with E-state index in [0.717, 1.165) is 5.69 Å². The maximum Gasteiger partial charge on any atom is 0.260 e. The lowest BCUT2D eigenvalue weighted by Crippen LogP contribution is -2.46. The highest BCUT2D eigenvalue weighted by Gasteiger charge is 2.21. The number of morpholine rings is 1. The standard InChI is InChI=1S/C14H17N5O3/c1-11-8-18(6-7-21-11)14(20)9-22-13-4-2-12(3-5-13)19-10-15-16-17-19/h2-5,10-11H,6-9H2,1H3. The van der Waals surface area contributed by atoms with Crippen LogP contribution in [0.15, 0.2) is 30.6 Å². The first-order valence-electron chi connectivity index (χ1n) is 7.08. The third-order valence-electron chi connectivity index (χ3n) is 3.41. The van der Waals surface area contributed by atoms with E-state index in [0.29, 0.717) is 25.4 Å². The van der Waals surface area contributed by atoms with Crippen molar-refractivity contribution < 1.29 is 14.3 Å². The third-order valence-corrected chi connectivity index (χ3v) is 3.41. The van der Waals surface area contributed by atoms with Crippen molar-refractivity contribution in [1.82, 2.24) is 25.1 Å². The highest BCUT2D eigenvalue weighted by molar-refractivity contribution is 5.77. The third kappa shape index (κ3) is 3.40. The molecule has 1 aromatic carbocycles. The number of ether oxygens (including phenoxy) is 2. The Morgan fingerprint density at radius 3 is 2.91 bits per heavy atom. The molecule has 2 aromatic rings. The SMILES string of the molecule is CC1CN(C(=O)COc2ccc(-n3cnnn3)cc2)CCO1. The Labute approximate surface area is 127 Å². The summed E-state index contributed by atoms with van der Waals surface area (Å²) in [6.07, 6.45) is 1.59. The molecule has 2 heterocycles. The quantitative estimate of drug-likeness (QED) is 0.807. The molecule has 8 nitrogen and oxygen atoms in total. The summed E-state index contributed by atoms with van der Waals surface area (Å²) >= 11 is 0. The molecule has 0 N–H and O–H groups in total.